The van der Waals surface area contributed by atoms with Crippen LogP contribution >= 0.6 is 23.4 Å². The van der Waals surface area contributed by atoms with Crippen LogP contribution in [0.15, 0.2) is 30.3 Å². The maximum absolute atomic E-state index is 10.3. The number of hydrogen-bond donors (Lipinski definition) is 0. The van der Waals surface area contributed by atoms with Crippen molar-refractivity contribution < 1.29 is 9.53 Å². The van der Waals surface area contributed by atoms with Crippen LogP contribution in [0.2, 0.25) is 0 Å². The van der Waals surface area contributed by atoms with Crippen molar-refractivity contribution in [1.29, 1.82) is 0 Å². The highest BCUT2D eigenvalue weighted by Crippen LogP contribution is 2.10. The van der Waals surface area contributed by atoms with Gasteiger partial charge in [-0.15, -0.1) is 0 Å². The zero-order valence-electron chi connectivity index (χ0n) is 6.90. The Bertz CT molecular complexity index is 264. The Morgan fingerprint density at radius 3 is 2.69 bits per heavy atom. The molecule has 0 fully saturated rings. The van der Waals surface area contributed by atoms with Crippen LogP contribution in [-0.2, 0) is 0 Å². The van der Waals surface area contributed by atoms with Gasteiger partial charge in [0.25, 0.3) is 4.57 Å². The largest absolute Gasteiger partial charge is 0.493 e. The highest BCUT2D eigenvalue weighted by atomic mass is 35.5. The number of benzene rings is 1. The average Bonchev–Trinajstić information content (AvgIpc) is 2.14. The lowest BCUT2D eigenvalue weighted by atomic mass is 10.3. The lowest BCUT2D eigenvalue weighted by molar-refractivity contribution is 0.275. The monoisotopic (exact) mass is 216 g/mol. The van der Waals surface area contributed by atoms with E-state index in [0.717, 1.165) is 17.5 Å². The number of carbonyl (C=O) groups excluding carboxylic acids is 1. The summed E-state index contributed by atoms with van der Waals surface area (Å²) in [7, 11) is 0. The summed E-state index contributed by atoms with van der Waals surface area (Å²) in [6.45, 7) is 0.493. The van der Waals surface area contributed by atoms with E-state index in [2.05, 4.69) is 0 Å². The van der Waals surface area contributed by atoms with Crippen LogP contribution in [0.3, 0.4) is 0 Å². The highest BCUT2D eigenvalue weighted by molar-refractivity contribution is 8.16. The zero-order chi connectivity index (χ0) is 9.52. The fourth-order valence-electron chi connectivity index (χ4n) is 0.798. The minimum Gasteiger partial charge on any atom is -0.493 e. The first-order valence-electron chi connectivity index (χ1n) is 3.79. The van der Waals surface area contributed by atoms with Gasteiger partial charge in [0.15, 0.2) is 0 Å². The molecule has 0 N–H and O–H groups in total. The summed E-state index contributed by atoms with van der Waals surface area (Å²) in [6.07, 6.45) is 0. The molecule has 0 aliphatic rings. The van der Waals surface area contributed by atoms with Crippen molar-refractivity contribution in [3.05, 3.63) is 30.3 Å². The molecular weight excluding hydrogens is 208 g/mol. The third kappa shape index (κ3) is 4.80. The van der Waals surface area contributed by atoms with Gasteiger partial charge in [-0.25, -0.2) is 0 Å². The lowest BCUT2D eigenvalue weighted by Crippen LogP contribution is -2.00. The molecule has 13 heavy (non-hydrogen) atoms. The Morgan fingerprint density at radius 1 is 1.38 bits per heavy atom. The Kier molecular flexibility index (Phi) is 4.72. The summed E-state index contributed by atoms with van der Waals surface area (Å²) in [5.74, 6) is 1.39. The molecule has 1 aromatic rings. The van der Waals surface area contributed by atoms with Crippen LogP contribution in [0, 0.1) is 0 Å². The van der Waals surface area contributed by atoms with Crippen molar-refractivity contribution in [2.24, 2.45) is 0 Å². The minimum atomic E-state index is -0.392. The SMILES string of the molecule is O=C(Cl)SCCOc1ccccc1. The molecule has 70 valence electrons. The molecule has 0 unspecified atom stereocenters. The van der Waals surface area contributed by atoms with E-state index in [9.17, 15) is 4.79 Å². The number of hydrogen-bond acceptors (Lipinski definition) is 3. The maximum atomic E-state index is 10.3. The summed E-state index contributed by atoms with van der Waals surface area (Å²) in [4.78, 5) is 10.3. The van der Waals surface area contributed by atoms with Gasteiger partial charge in [0.2, 0.25) is 0 Å². The van der Waals surface area contributed by atoms with Crippen LogP contribution in [0.25, 0.3) is 0 Å². The Hall–Kier alpha value is -0.670. The van der Waals surface area contributed by atoms with Crippen molar-refractivity contribution >= 4 is 27.9 Å². The summed E-state index contributed by atoms with van der Waals surface area (Å²) in [5, 5.41) is 0. The van der Waals surface area contributed by atoms with Crippen molar-refractivity contribution in [2.75, 3.05) is 12.4 Å². The van der Waals surface area contributed by atoms with Crippen molar-refractivity contribution in [3.8, 4) is 5.75 Å². The van der Waals surface area contributed by atoms with Gasteiger partial charge in [0, 0.05) is 5.75 Å². The van der Waals surface area contributed by atoms with Crippen molar-refractivity contribution in [1.82, 2.24) is 0 Å². The van der Waals surface area contributed by atoms with E-state index in [0.29, 0.717) is 12.4 Å². The molecule has 0 saturated carbocycles. The molecule has 0 aliphatic carbocycles. The molecule has 1 rings (SSSR count). The van der Waals surface area contributed by atoms with E-state index >= 15 is 0 Å². The number of para-hydroxylation sites is 1. The van der Waals surface area contributed by atoms with E-state index in [1.54, 1.807) is 0 Å². The molecule has 0 bridgehead atoms. The number of rotatable bonds is 4. The summed E-state index contributed by atoms with van der Waals surface area (Å²) in [6, 6.07) is 9.45. The molecular formula is C9H9ClO2S. The zero-order valence-corrected chi connectivity index (χ0v) is 8.48. The van der Waals surface area contributed by atoms with Gasteiger partial charge in [-0.1, -0.05) is 30.0 Å². The average molecular weight is 217 g/mol. The minimum absolute atomic E-state index is 0.392. The number of ether oxygens (including phenoxy) is 1. The second-order valence-corrected chi connectivity index (χ2v) is 3.88. The first-order chi connectivity index (χ1) is 6.29. The third-order valence-electron chi connectivity index (χ3n) is 1.31. The van der Waals surface area contributed by atoms with E-state index in [-0.39, 0.29) is 0 Å². The molecule has 0 spiro atoms. The van der Waals surface area contributed by atoms with Crippen molar-refractivity contribution in [3.63, 3.8) is 0 Å². The summed E-state index contributed by atoms with van der Waals surface area (Å²) in [5.41, 5.74) is 0. The topological polar surface area (TPSA) is 26.3 Å². The standard InChI is InChI=1S/C9H9ClO2S/c10-9(11)13-7-6-12-8-4-2-1-3-5-8/h1-5H,6-7H2. The second kappa shape index (κ2) is 5.89. The van der Waals surface area contributed by atoms with Crippen molar-refractivity contribution in [2.45, 2.75) is 0 Å². The van der Waals surface area contributed by atoms with Gasteiger partial charge in [-0.2, -0.15) is 0 Å². The quantitative estimate of drug-likeness (QED) is 0.571. The van der Waals surface area contributed by atoms with Crippen LogP contribution < -0.4 is 4.74 Å². The van der Waals surface area contributed by atoms with Gasteiger partial charge >= 0.3 is 0 Å². The van der Waals surface area contributed by atoms with Crippen LogP contribution in [0.1, 0.15) is 0 Å². The summed E-state index contributed by atoms with van der Waals surface area (Å²) < 4.78 is 4.93. The fourth-order valence-corrected chi connectivity index (χ4v) is 1.36. The molecule has 0 radical (unpaired) electrons. The van der Waals surface area contributed by atoms with Gasteiger partial charge in [0.05, 0.1) is 6.61 Å². The van der Waals surface area contributed by atoms with Gasteiger partial charge < -0.3 is 4.74 Å². The fraction of sp³-hybridized carbons (Fsp3) is 0.222. The first kappa shape index (κ1) is 10.4. The van der Waals surface area contributed by atoms with Gasteiger partial charge in [0.1, 0.15) is 5.75 Å². The number of carbonyl (C=O) groups is 1. The van der Waals surface area contributed by atoms with Crippen LogP contribution in [0.4, 0.5) is 4.79 Å². The van der Waals surface area contributed by atoms with E-state index in [1.807, 2.05) is 30.3 Å². The molecule has 0 aliphatic heterocycles. The number of thioether (sulfide) groups is 1. The maximum Gasteiger partial charge on any atom is 0.279 e. The lowest BCUT2D eigenvalue weighted by Gasteiger charge is -2.03. The van der Waals surface area contributed by atoms with Crippen LogP contribution in [-0.4, -0.2) is 16.9 Å². The molecule has 0 atom stereocenters. The Labute approximate surface area is 86.2 Å². The molecule has 0 aromatic heterocycles. The predicted octanol–water partition coefficient (Wildman–Crippen LogP) is 3.16. The second-order valence-electron chi connectivity index (χ2n) is 2.25. The normalized spacial score (nSPS) is 9.62. The van der Waals surface area contributed by atoms with Crippen LogP contribution in [0.5, 0.6) is 5.75 Å². The smallest absolute Gasteiger partial charge is 0.279 e. The molecule has 2 nitrogen and oxygen atoms in total. The molecule has 4 heteroatoms. The van der Waals surface area contributed by atoms with Gasteiger partial charge in [-0.3, -0.25) is 4.79 Å². The molecule has 1 aromatic carbocycles. The van der Waals surface area contributed by atoms with Gasteiger partial charge in [-0.05, 0) is 23.7 Å². The predicted molar refractivity (Wildman–Crippen MR) is 55.6 cm³/mol. The first-order valence-corrected chi connectivity index (χ1v) is 5.15. The molecule has 0 heterocycles. The Morgan fingerprint density at radius 2 is 2.08 bits per heavy atom. The molecule has 0 saturated heterocycles. The molecule has 0 amide bonds. The highest BCUT2D eigenvalue weighted by Gasteiger charge is 1.96. The summed E-state index contributed by atoms with van der Waals surface area (Å²) >= 11 is 6.18. The van der Waals surface area contributed by atoms with E-state index in [1.165, 1.54) is 0 Å². The van der Waals surface area contributed by atoms with E-state index < -0.39 is 4.57 Å². The number of halogens is 1. The Balaban J connectivity index is 2.17. The van der Waals surface area contributed by atoms with E-state index in [4.69, 9.17) is 16.3 Å². The third-order valence-corrected chi connectivity index (χ3v) is 2.24.